The highest BCUT2D eigenvalue weighted by molar-refractivity contribution is 9.10. The van der Waals surface area contributed by atoms with Gasteiger partial charge in [-0.25, -0.2) is 4.39 Å². The maximum Gasteiger partial charge on any atom is 0.254 e. The molecule has 0 bridgehead atoms. The summed E-state index contributed by atoms with van der Waals surface area (Å²) in [6, 6.07) is 5.70. The average Bonchev–Trinajstić information content (AvgIpc) is 2.78. The molecule has 0 spiro atoms. The summed E-state index contributed by atoms with van der Waals surface area (Å²) in [5.74, 6) is -0.635. The molecule has 106 valence electrons. The van der Waals surface area contributed by atoms with E-state index in [4.69, 9.17) is 0 Å². The lowest BCUT2D eigenvalue weighted by Crippen LogP contribution is -2.27. The summed E-state index contributed by atoms with van der Waals surface area (Å²) in [5.41, 5.74) is 1.26. The van der Waals surface area contributed by atoms with Crippen molar-refractivity contribution in [1.29, 1.82) is 0 Å². The van der Waals surface area contributed by atoms with E-state index in [1.165, 1.54) is 18.2 Å². The standard InChI is InChI=1S/C14H15BrFN3O/c1-3-19-13(12(15)8-17-19)9-18(2)14(20)10-5-4-6-11(16)7-10/h4-8H,3,9H2,1-2H3. The van der Waals surface area contributed by atoms with E-state index in [9.17, 15) is 9.18 Å². The molecule has 0 radical (unpaired) electrons. The number of halogens is 2. The molecule has 0 aliphatic heterocycles. The van der Waals surface area contributed by atoms with E-state index in [1.807, 2.05) is 11.6 Å². The highest BCUT2D eigenvalue weighted by atomic mass is 79.9. The van der Waals surface area contributed by atoms with Gasteiger partial charge in [0.2, 0.25) is 0 Å². The van der Waals surface area contributed by atoms with Gasteiger partial charge < -0.3 is 4.90 Å². The summed E-state index contributed by atoms with van der Waals surface area (Å²) in [6.45, 7) is 3.12. The zero-order chi connectivity index (χ0) is 14.7. The topological polar surface area (TPSA) is 38.1 Å². The largest absolute Gasteiger partial charge is 0.336 e. The molecule has 1 amide bonds. The predicted molar refractivity (Wildman–Crippen MR) is 77.8 cm³/mol. The molecule has 0 fully saturated rings. The Morgan fingerprint density at radius 2 is 2.25 bits per heavy atom. The number of aryl methyl sites for hydroxylation is 1. The van der Waals surface area contributed by atoms with Crippen LogP contribution in [0.1, 0.15) is 23.0 Å². The smallest absolute Gasteiger partial charge is 0.254 e. The van der Waals surface area contributed by atoms with Crippen molar-refractivity contribution in [3.63, 3.8) is 0 Å². The van der Waals surface area contributed by atoms with Gasteiger partial charge in [-0.1, -0.05) is 6.07 Å². The van der Waals surface area contributed by atoms with Crippen LogP contribution in [0.4, 0.5) is 4.39 Å². The monoisotopic (exact) mass is 339 g/mol. The minimum atomic E-state index is -0.413. The molecule has 1 aromatic heterocycles. The molecule has 2 aromatic rings. The second-order valence-corrected chi connectivity index (χ2v) is 5.28. The fourth-order valence-corrected chi connectivity index (χ4v) is 2.38. The van der Waals surface area contributed by atoms with Crippen molar-refractivity contribution in [3.8, 4) is 0 Å². The molecule has 20 heavy (non-hydrogen) atoms. The SMILES string of the molecule is CCn1ncc(Br)c1CN(C)C(=O)c1cccc(F)c1. The number of amides is 1. The van der Waals surface area contributed by atoms with Gasteiger partial charge >= 0.3 is 0 Å². The second kappa shape index (κ2) is 6.17. The van der Waals surface area contributed by atoms with Crippen molar-refractivity contribution in [1.82, 2.24) is 14.7 Å². The molecule has 0 aliphatic rings. The second-order valence-electron chi connectivity index (χ2n) is 4.43. The van der Waals surface area contributed by atoms with E-state index in [-0.39, 0.29) is 5.91 Å². The first-order valence-corrected chi connectivity index (χ1v) is 7.03. The van der Waals surface area contributed by atoms with Crippen LogP contribution in [-0.4, -0.2) is 27.6 Å². The highest BCUT2D eigenvalue weighted by Crippen LogP contribution is 2.18. The third-order valence-corrected chi connectivity index (χ3v) is 3.66. The number of hydrogen-bond acceptors (Lipinski definition) is 2. The minimum Gasteiger partial charge on any atom is -0.336 e. The van der Waals surface area contributed by atoms with Crippen LogP contribution < -0.4 is 0 Å². The summed E-state index contributed by atoms with van der Waals surface area (Å²) in [4.78, 5) is 13.8. The molecular weight excluding hydrogens is 325 g/mol. The van der Waals surface area contributed by atoms with Gasteiger partial charge in [0.05, 0.1) is 22.9 Å². The first-order chi connectivity index (χ1) is 9.52. The van der Waals surface area contributed by atoms with Crippen LogP contribution in [0.25, 0.3) is 0 Å². The first kappa shape index (κ1) is 14.7. The van der Waals surface area contributed by atoms with Crippen molar-refractivity contribution >= 4 is 21.8 Å². The summed E-state index contributed by atoms with van der Waals surface area (Å²) >= 11 is 3.42. The van der Waals surface area contributed by atoms with Crippen LogP contribution >= 0.6 is 15.9 Å². The van der Waals surface area contributed by atoms with E-state index in [0.717, 1.165) is 16.7 Å². The third kappa shape index (κ3) is 3.07. The first-order valence-electron chi connectivity index (χ1n) is 6.24. The Morgan fingerprint density at radius 3 is 2.90 bits per heavy atom. The quantitative estimate of drug-likeness (QED) is 0.858. The zero-order valence-corrected chi connectivity index (χ0v) is 12.9. The van der Waals surface area contributed by atoms with Crippen molar-refractivity contribution in [2.75, 3.05) is 7.05 Å². The van der Waals surface area contributed by atoms with E-state index in [0.29, 0.717) is 12.1 Å². The number of nitrogens with zero attached hydrogens (tertiary/aromatic N) is 3. The summed E-state index contributed by atoms with van der Waals surface area (Å²) in [7, 11) is 1.69. The van der Waals surface area contributed by atoms with E-state index in [2.05, 4.69) is 21.0 Å². The van der Waals surface area contributed by atoms with Crippen LogP contribution in [-0.2, 0) is 13.1 Å². The highest BCUT2D eigenvalue weighted by Gasteiger charge is 2.16. The lowest BCUT2D eigenvalue weighted by molar-refractivity contribution is 0.0781. The molecule has 0 unspecified atom stereocenters. The van der Waals surface area contributed by atoms with Crippen molar-refractivity contribution in [2.24, 2.45) is 0 Å². The molecule has 4 nitrogen and oxygen atoms in total. The van der Waals surface area contributed by atoms with Crippen molar-refractivity contribution < 1.29 is 9.18 Å². The molecule has 0 aliphatic carbocycles. The van der Waals surface area contributed by atoms with Crippen LogP contribution in [0.2, 0.25) is 0 Å². The molecule has 0 saturated carbocycles. The molecular formula is C14H15BrFN3O. The van der Waals surface area contributed by atoms with Gasteiger partial charge in [0.15, 0.2) is 0 Å². The van der Waals surface area contributed by atoms with Gasteiger partial charge in [-0.05, 0) is 41.1 Å². The Kier molecular flexibility index (Phi) is 4.54. The van der Waals surface area contributed by atoms with Gasteiger partial charge in [-0.15, -0.1) is 0 Å². The molecule has 0 saturated heterocycles. The maximum absolute atomic E-state index is 13.2. The van der Waals surface area contributed by atoms with Gasteiger partial charge in [-0.3, -0.25) is 9.48 Å². The molecule has 6 heteroatoms. The number of carbonyl (C=O) groups excluding carboxylic acids is 1. The normalized spacial score (nSPS) is 10.6. The Labute approximate surface area is 125 Å². The fraction of sp³-hybridized carbons (Fsp3) is 0.286. The van der Waals surface area contributed by atoms with Crippen LogP contribution in [0, 0.1) is 5.82 Å². The molecule has 0 atom stereocenters. The van der Waals surface area contributed by atoms with Gasteiger partial charge in [-0.2, -0.15) is 5.10 Å². The Bertz CT molecular complexity index is 627. The third-order valence-electron chi connectivity index (χ3n) is 3.00. The zero-order valence-electron chi connectivity index (χ0n) is 11.3. The Hall–Kier alpha value is -1.69. The number of hydrogen-bond donors (Lipinski definition) is 0. The van der Waals surface area contributed by atoms with Crippen LogP contribution in [0.3, 0.4) is 0 Å². The predicted octanol–water partition coefficient (Wildman–Crippen LogP) is 3.08. The molecule has 1 heterocycles. The Balaban J connectivity index is 2.17. The minimum absolute atomic E-state index is 0.222. The lowest BCUT2D eigenvalue weighted by atomic mass is 10.2. The Morgan fingerprint density at radius 1 is 1.50 bits per heavy atom. The van der Waals surface area contributed by atoms with E-state index < -0.39 is 5.82 Å². The summed E-state index contributed by atoms with van der Waals surface area (Å²) in [5, 5.41) is 4.21. The van der Waals surface area contributed by atoms with Gasteiger partial charge in [0.25, 0.3) is 5.91 Å². The number of carbonyl (C=O) groups is 1. The van der Waals surface area contributed by atoms with Crippen LogP contribution in [0.15, 0.2) is 34.9 Å². The van der Waals surface area contributed by atoms with Crippen LogP contribution in [0.5, 0.6) is 0 Å². The summed E-state index contributed by atoms with van der Waals surface area (Å²) < 4.78 is 15.8. The van der Waals surface area contributed by atoms with E-state index >= 15 is 0 Å². The molecule has 2 rings (SSSR count). The number of rotatable bonds is 4. The fourth-order valence-electron chi connectivity index (χ4n) is 1.96. The summed E-state index contributed by atoms with van der Waals surface area (Å²) in [6.07, 6.45) is 1.71. The van der Waals surface area contributed by atoms with Crippen molar-refractivity contribution in [2.45, 2.75) is 20.0 Å². The lowest BCUT2D eigenvalue weighted by Gasteiger charge is -2.18. The van der Waals surface area contributed by atoms with Crippen molar-refractivity contribution in [3.05, 3.63) is 52.0 Å². The number of aromatic nitrogens is 2. The van der Waals surface area contributed by atoms with Gasteiger partial charge in [0.1, 0.15) is 5.82 Å². The maximum atomic E-state index is 13.2. The number of benzene rings is 1. The van der Waals surface area contributed by atoms with Gasteiger partial charge in [0, 0.05) is 19.2 Å². The molecule has 1 aromatic carbocycles. The van der Waals surface area contributed by atoms with E-state index in [1.54, 1.807) is 24.2 Å². The molecule has 0 N–H and O–H groups in total. The average molecular weight is 340 g/mol.